The van der Waals surface area contributed by atoms with Gasteiger partial charge in [0.1, 0.15) is 0 Å². The van der Waals surface area contributed by atoms with Gasteiger partial charge in [-0.05, 0) is 101 Å². The maximum absolute atomic E-state index is 14.1. The van der Waals surface area contributed by atoms with Gasteiger partial charge in [-0.15, -0.1) is 17.0 Å². The van der Waals surface area contributed by atoms with Crippen LogP contribution in [0.3, 0.4) is 0 Å². The van der Waals surface area contributed by atoms with Gasteiger partial charge >= 0.3 is 0 Å². The van der Waals surface area contributed by atoms with E-state index in [0.717, 1.165) is 32.5 Å². The van der Waals surface area contributed by atoms with Crippen molar-refractivity contribution < 1.29 is 59.4 Å². The van der Waals surface area contributed by atoms with Crippen molar-refractivity contribution in [3.05, 3.63) is 71.3 Å². The first-order chi connectivity index (χ1) is 36.2. The number of Topliss-reactive ketones (excluding diaryl/α,β-unsaturated/α-hetero) is 3. The number of carbonyl (C=O) groups excluding carboxylic acids is 6. The van der Waals surface area contributed by atoms with E-state index in [1.807, 2.05) is 0 Å². The predicted octanol–water partition coefficient (Wildman–Crippen LogP) is 11.3. The fraction of sp³-hybridized carbons (Fsp3) is 0.593. The van der Waals surface area contributed by atoms with Crippen LogP contribution in [0.15, 0.2) is 54.6 Å². The molecule has 0 aromatic heterocycles. The van der Waals surface area contributed by atoms with E-state index >= 15 is 0 Å². The number of aromatic hydroxyl groups is 6. The molecule has 0 aliphatic rings. The summed E-state index contributed by atoms with van der Waals surface area (Å²) in [6, 6.07) is 12.4. The van der Waals surface area contributed by atoms with Crippen LogP contribution < -0.4 is 5.32 Å². The normalized spacial score (nSPS) is 11.0. The number of hydrogen-bond donors (Lipinski definition) is 7. The maximum atomic E-state index is 14.1. The smallest absolute Gasteiger partial charge is 0.222 e. The van der Waals surface area contributed by atoms with Crippen LogP contribution in [0.4, 0.5) is 0 Å². The minimum atomic E-state index is -0.523. The second-order valence-electron chi connectivity index (χ2n) is 19.8. The summed E-state index contributed by atoms with van der Waals surface area (Å²) in [6.07, 6.45) is 18.5. The quantitative estimate of drug-likeness (QED) is 0.0159. The van der Waals surface area contributed by atoms with Crippen LogP contribution in [0.2, 0.25) is 0 Å². The second-order valence-corrected chi connectivity index (χ2v) is 19.8. The summed E-state index contributed by atoms with van der Waals surface area (Å²) in [4.78, 5) is 85.5. The van der Waals surface area contributed by atoms with Gasteiger partial charge in [0.2, 0.25) is 17.7 Å². The average Bonchev–Trinajstić information content (AvgIpc) is 3.39. The molecule has 0 saturated carbocycles. The van der Waals surface area contributed by atoms with Crippen molar-refractivity contribution in [2.24, 2.45) is 0 Å². The van der Waals surface area contributed by atoms with E-state index in [-0.39, 0.29) is 135 Å². The average molecular weight is 1130 g/mol. The maximum Gasteiger partial charge on any atom is 0.222 e. The molecule has 3 aromatic rings. The number of amides is 3. The van der Waals surface area contributed by atoms with E-state index in [1.165, 1.54) is 132 Å². The van der Waals surface area contributed by atoms with Gasteiger partial charge in [-0.25, -0.2) is 0 Å². The van der Waals surface area contributed by atoms with Crippen molar-refractivity contribution in [2.45, 2.75) is 174 Å². The SMILES string of the molecule is Br.CCCCCCCCCN(CCCCCCCCC)CCCN(CCN(CCCNC(=O)CCCC(=O)c1cccc(O)c1O)C(=O)CCCC(=O)c1cccc(O)c1O)C(=O)CCCC(=O)c1cccc(O)c1O. The van der Waals surface area contributed by atoms with Gasteiger partial charge in [0, 0.05) is 71.2 Å². The van der Waals surface area contributed by atoms with Crippen molar-refractivity contribution in [1.82, 2.24) is 20.0 Å². The third-order valence-corrected chi connectivity index (χ3v) is 13.7. The lowest BCUT2D eigenvalue weighted by atomic mass is 10.0. The molecule has 0 bridgehead atoms. The highest BCUT2D eigenvalue weighted by Crippen LogP contribution is 2.31. The molecular weight excluding hydrogens is 1040 g/mol. The molecule has 3 amide bonds. The minimum absolute atomic E-state index is 0. The number of benzene rings is 3. The molecule has 16 nitrogen and oxygen atoms in total. The number of para-hydroxylation sites is 3. The Balaban J connectivity index is 0.0000198. The summed E-state index contributed by atoms with van der Waals surface area (Å²) in [6.45, 7) is 8.37. The Hall–Kier alpha value is -5.68. The molecule has 0 saturated heterocycles. The molecule has 0 radical (unpaired) electrons. The minimum Gasteiger partial charge on any atom is -0.504 e. The van der Waals surface area contributed by atoms with Crippen LogP contribution in [0.1, 0.15) is 205 Å². The van der Waals surface area contributed by atoms with Crippen molar-refractivity contribution in [3.63, 3.8) is 0 Å². The number of nitrogens with one attached hydrogen (secondary N) is 1. The van der Waals surface area contributed by atoms with Gasteiger partial charge in [-0.2, -0.15) is 0 Å². The predicted molar refractivity (Wildman–Crippen MR) is 302 cm³/mol. The Kier molecular flexibility index (Phi) is 33.9. The van der Waals surface area contributed by atoms with Crippen LogP contribution >= 0.6 is 17.0 Å². The van der Waals surface area contributed by atoms with Gasteiger partial charge in [-0.1, -0.05) is 109 Å². The molecule has 3 rings (SSSR count). The first-order valence-electron chi connectivity index (χ1n) is 27.8. The number of unbranched alkanes of at least 4 members (excludes halogenated alkanes) is 12. The number of halogens is 1. The topological polar surface area (TPSA) is 246 Å². The Morgan fingerprint density at radius 1 is 0.382 bits per heavy atom. The lowest BCUT2D eigenvalue weighted by molar-refractivity contribution is -0.135. The Morgan fingerprint density at radius 3 is 1.12 bits per heavy atom. The van der Waals surface area contributed by atoms with E-state index < -0.39 is 51.8 Å². The van der Waals surface area contributed by atoms with E-state index in [1.54, 1.807) is 9.80 Å². The van der Waals surface area contributed by atoms with Crippen molar-refractivity contribution >= 4 is 52.1 Å². The van der Waals surface area contributed by atoms with Crippen LogP contribution in [0.25, 0.3) is 0 Å². The summed E-state index contributed by atoms with van der Waals surface area (Å²) >= 11 is 0. The molecule has 0 heterocycles. The van der Waals surface area contributed by atoms with E-state index in [0.29, 0.717) is 19.4 Å². The Labute approximate surface area is 462 Å². The second kappa shape index (κ2) is 38.8. The molecule has 17 heteroatoms. The molecule has 0 aliphatic heterocycles. The fourth-order valence-electron chi connectivity index (χ4n) is 9.15. The summed E-state index contributed by atoms with van der Waals surface area (Å²) in [5, 5.41) is 63.1. The van der Waals surface area contributed by atoms with E-state index in [2.05, 4.69) is 24.1 Å². The lowest BCUT2D eigenvalue weighted by Gasteiger charge is -2.29. The summed E-state index contributed by atoms with van der Waals surface area (Å²) in [7, 11) is 0. The van der Waals surface area contributed by atoms with Crippen LogP contribution in [-0.4, -0.2) is 133 Å². The van der Waals surface area contributed by atoms with Crippen LogP contribution in [-0.2, 0) is 14.4 Å². The third kappa shape index (κ3) is 25.4. The lowest BCUT2D eigenvalue weighted by Crippen LogP contribution is -2.43. The summed E-state index contributed by atoms with van der Waals surface area (Å²) in [5.41, 5.74) is -0.0914. The van der Waals surface area contributed by atoms with Crippen LogP contribution in [0, 0.1) is 0 Å². The number of rotatable bonds is 42. The van der Waals surface area contributed by atoms with Gasteiger partial charge < -0.3 is 50.7 Å². The highest BCUT2D eigenvalue weighted by atomic mass is 79.9. The van der Waals surface area contributed by atoms with Gasteiger partial charge in [0.05, 0.1) is 16.7 Å². The van der Waals surface area contributed by atoms with E-state index in [9.17, 15) is 59.4 Å². The van der Waals surface area contributed by atoms with Crippen molar-refractivity contribution in [1.29, 1.82) is 0 Å². The molecule has 0 fully saturated rings. The van der Waals surface area contributed by atoms with E-state index in [4.69, 9.17) is 0 Å². The Bertz CT molecular complexity index is 2210. The molecular formula is C59H89BrN4O12. The third-order valence-electron chi connectivity index (χ3n) is 13.7. The molecule has 0 unspecified atom stereocenters. The number of phenols is 6. The zero-order valence-electron chi connectivity index (χ0n) is 45.4. The number of ketones is 3. The zero-order chi connectivity index (χ0) is 54.8. The highest BCUT2D eigenvalue weighted by molar-refractivity contribution is 8.93. The largest absolute Gasteiger partial charge is 0.504 e. The number of phenolic OH excluding ortho intramolecular Hbond substituents is 6. The Morgan fingerprint density at radius 2 is 0.724 bits per heavy atom. The molecule has 7 N–H and O–H groups in total. The monoisotopic (exact) mass is 1120 g/mol. The highest BCUT2D eigenvalue weighted by Gasteiger charge is 2.22. The number of nitrogens with zero attached hydrogens (tertiary/aromatic N) is 3. The molecule has 0 atom stereocenters. The van der Waals surface area contributed by atoms with Crippen molar-refractivity contribution in [3.8, 4) is 34.5 Å². The van der Waals surface area contributed by atoms with Gasteiger partial charge in [-0.3, -0.25) is 28.8 Å². The van der Waals surface area contributed by atoms with Gasteiger partial charge in [0.25, 0.3) is 0 Å². The standard InChI is InChI=1S/C59H88N4O12.BrH/c1-3-5-7-9-11-13-15-38-61(39-16-14-12-10-8-6-4-2)40-24-42-63(56(72)36-22-30-50(66)47-27-19-33-53(69)59(47)75)44-43-62(55(71)35-21-29-49(65)46-26-18-32-52(68)58(46)74)41-23-37-60-54(70)34-20-28-48(64)45-25-17-31-51(67)57(45)73;/h17-19,25-27,31-33,67-69,73-75H,3-16,20-24,28-30,34-44H2,1-2H3,(H,60,70);1H. The number of carbonyl (C=O) groups is 6. The molecule has 0 spiro atoms. The number of hydrogen-bond acceptors (Lipinski definition) is 13. The molecule has 76 heavy (non-hydrogen) atoms. The first-order valence-corrected chi connectivity index (χ1v) is 27.8. The molecule has 3 aromatic carbocycles. The first kappa shape index (κ1) is 66.4. The summed E-state index contributed by atoms with van der Waals surface area (Å²) in [5.74, 6) is -4.79. The van der Waals surface area contributed by atoms with Gasteiger partial charge in [0.15, 0.2) is 51.8 Å². The fourth-order valence-corrected chi connectivity index (χ4v) is 9.15. The summed E-state index contributed by atoms with van der Waals surface area (Å²) < 4.78 is 0. The molecule has 0 aliphatic carbocycles. The van der Waals surface area contributed by atoms with Crippen LogP contribution in [0.5, 0.6) is 34.5 Å². The molecule has 424 valence electrons. The van der Waals surface area contributed by atoms with Crippen molar-refractivity contribution in [2.75, 3.05) is 52.4 Å². The zero-order valence-corrected chi connectivity index (χ0v) is 47.1.